The fourth-order valence-corrected chi connectivity index (χ4v) is 3.47. The second-order valence-corrected chi connectivity index (χ2v) is 7.59. The molecule has 0 saturated carbocycles. The predicted molar refractivity (Wildman–Crippen MR) is 118 cm³/mol. The fraction of sp³-hybridized carbons (Fsp3) is 0.0952. The van der Waals surface area contributed by atoms with E-state index in [1.807, 2.05) is 37.4 Å². The van der Waals surface area contributed by atoms with Crippen molar-refractivity contribution in [3.8, 4) is 0 Å². The van der Waals surface area contributed by atoms with E-state index < -0.39 is 0 Å². The number of aryl methyl sites for hydroxylation is 2. The normalized spacial score (nSPS) is 10.2. The van der Waals surface area contributed by atoms with E-state index in [4.69, 9.17) is 12.2 Å². The Morgan fingerprint density at radius 2 is 1.57 bits per heavy atom. The SMILES string of the molecule is Cc1ccc(C(=O)NC(=S)Nc2ccc(NC(=O)c3cccs3)cc2)c(C)c1. The van der Waals surface area contributed by atoms with Crippen LogP contribution >= 0.6 is 23.6 Å². The van der Waals surface area contributed by atoms with Crippen LogP contribution in [0.1, 0.15) is 31.2 Å². The molecule has 1 aromatic heterocycles. The third kappa shape index (κ3) is 5.03. The van der Waals surface area contributed by atoms with Crippen molar-refractivity contribution in [2.24, 2.45) is 0 Å². The summed E-state index contributed by atoms with van der Waals surface area (Å²) in [5.74, 6) is -0.401. The molecule has 0 radical (unpaired) electrons. The summed E-state index contributed by atoms with van der Waals surface area (Å²) in [5, 5.41) is 10.5. The number of hydrogen-bond donors (Lipinski definition) is 3. The summed E-state index contributed by atoms with van der Waals surface area (Å²) in [6.07, 6.45) is 0. The highest BCUT2D eigenvalue weighted by atomic mass is 32.1. The summed E-state index contributed by atoms with van der Waals surface area (Å²) < 4.78 is 0. The number of thiocarbonyl (C=S) groups is 1. The fourth-order valence-electron chi connectivity index (χ4n) is 2.64. The molecule has 1 heterocycles. The van der Waals surface area contributed by atoms with Gasteiger partial charge in [-0.15, -0.1) is 11.3 Å². The minimum absolute atomic E-state index is 0.146. The maximum Gasteiger partial charge on any atom is 0.265 e. The number of carbonyl (C=O) groups is 2. The number of benzene rings is 2. The quantitative estimate of drug-likeness (QED) is 0.544. The van der Waals surface area contributed by atoms with E-state index in [0.717, 1.165) is 11.1 Å². The van der Waals surface area contributed by atoms with Gasteiger partial charge in [0.15, 0.2) is 5.11 Å². The summed E-state index contributed by atoms with van der Waals surface area (Å²) in [6.45, 7) is 3.87. The first-order valence-corrected chi connectivity index (χ1v) is 9.85. The average Bonchev–Trinajstić information content (AvgIpc) is 3.18. The maximum absolute atomic E-state index is 12.4. The van der Waals surface area contributed by atoms with Crippen molar-refractivity contribution in [1.29, 1.82) is 0 Å². The number of hydrogen-bond acceptors (Lipinski definition) is 4. The molecule has 0 aliphatic rings. The summed E-state index contributed by atoms with van der Waals surface area (Å²) in [7, 11) is 0. The van der Waals surface area contributed by atoms with Crippen molar-refractivity contribution in [3.63, 3.8) is 0 Å². The predicted octanol–water partition coefficient (Wildman–Crippen LogP) is 4.74. The Bertz CT molecular complexity index is 1010. The minimum Gasteiger partial charge on any atom is -0.332 e. The molecule has 0 aliphatic carbocycles. The van der Waals surface area contributed by atoms with Gasteiger partial charge in [0.05, 0.1) is 4.88 Å². The summed E-state index contributed by atoms with van der Waals surface area (Å²) in [4.78, 5) is 25.1. The second kappa shape index (κ2) is 8.77. The van der Waals surface area contributed by atoms with Gasteiger partial charge in [-0.2, -0.15) is 0 Å². The zero-order valence-corrected chi connectivity index (χ0v) is 17.0. The topological polar surface area (TPSA) is 70.2 Å². The maximum atomic E-state index is 12.4. The van der Waals surface area contributed by atoms with Crippen LogP contribution in [0.3, 0.4) is 0 Å². The lowest BCUT2D eigenvalue weighted by molar-refractivity contribution is 0.0975. The Hall–Kier alpha value is -3.03. The van der Waals surface area contributed by atoms with E-state index >= 15 is 0 Å². The Kier molecular flexibility index (Phi) is 6.18. The molecular formula is C21H19N3O2S2. The molecule has 3 rings (SSSR count). The van der Waals surface area contributed by atoms with E-state index in [1.165, 1.54) is 11.3 Å². The molecule has 0 saturated heterocycles. The lowest BCUT2D eigenvalue weighted by Gasteiger charge is -2.12. The van der Waals surface area contributed by atoms with Crippen molar-refractivity contribution in [2.45, 2.75) is 13.8 Å². The number of anilines is 2. The molecule has 2 amide bonds. The Morgan fingerprint density at radius 3 is 2.18 bits per heavy atom. The molecule has 0 spiro atoms. The van der Waals surface area contributed by atoms with E-state index in [9.17, 15) is 9.59 Å². The van der Waals surface area contributed by atoms with Crippen LogP contribution in [-0.2, 0) is 0 Å². The van der Waals surface area contributed by atoms with E-state index in [1.54, 1.807) is 36.4 Å². The molecule has 0 bridgehead atoms. The highest BCUT2D eigenvalue weighted by Crippen LogP contribution is 2.16. The summed E-state index contributed by atoms with van der Waals surface area (Å²) >= 11 is 6.61. The molecule has 5 nitrogen and oxygen atoms in total. The van der Waals surface area contributed by atoms with E-state index in [0.29, 0.717) is 21.8 Å². The van der Waals surface area contributed by atoms with Gasteiger partial charge in [-0.25, -0.2) is 0 Å². The van der Waals surface area contributed by atoms with Crippen molar-refractivity contribution in [1.82, 2.24) is 5.32 Å². The highest BCUT2D eigenvalue weighted by Gasteiger charge is 2.11. The molecule has 142 valence electrons. The van der Waals surface area contributed by atoms with Crippen molar-refractivity contribution >= 4 is 51.9 Å². The van der Waals surface area contributed by atoms with Gasteiger partial charge in [-0.1, -0.05) is 23.8 Å². The average molecular weight is 410 g/mol. The minimum atomic E-state index is -0.255. The van der Waals surface area contributed by atoms with Crippen LogP contribution in [-0.4, -0.2) is 16.9 Å². The molecule has 28 heavy (non-hydrogen) atoms. The monoisotopic (exact) mass is 409 g/mol. The first-order valence-electron chi connectivity index (χ1n) is 8.57. The van der Waals surface area contributed by atoms with E-state index in [-0.39, 0.29) is 16.9 Å². The molecule has 0 aliphatic heterocycles. The number of amides is 2. The lowest BCUT2D eigenvalue weighted by Crippen LogP contribution is -2.34. The zero-order chi connectivity index (χ0) is 20.1. The van der Waals surface area contributed by atoms with Crippen molar-refractivity contribution in [3.05, 3.63) is 81.5 Å². The Morgan fingerprint density at radius 1 is 0.893 bits per heavy atom. The molecule has 0 unspecified atom stereocenters. The smallest absolute Gasteiger partial charge is 0.265 e. The number of nitrogens with one attached hydrogen (secondary N) is 3. The third-order valence-electron chi connectivity index (χ3n) is 4.00. The van der Waals surface area contributed by atoms with Gasteiger partial charge in [-0.3, -0.25) is 14.9 Å². The van der Waals surface area contributed by atoms with Crippen LogP contribution in [0.5, 0.6) is 0 Å². The molecular weight excluding hydrogens is 390 g/mol. The molecule has 7 heteroatoms. The molecule has 2 aromatic carbocycles. The standard InChI is InChI=1S/C21H19N3O2S2/c1-13-5-10-17(14(2)12-13)19(25)24-21(27)23-16-8-6-15(7-9-16)22-20(26)18-4-3-11-28-18/h3-12H,1-2H3,(H,22,26)(H2,23,24,25,27). The van der Waals surface area contributed by atoms with Crippen molar-refractivity contribution in [2.75, 3.05) is 10.6 Å². The van der Waals surface area contributed by atoms with Gasteiger partial charge in [0.25, 0.3) is 11.8 Å². The molecule has 3 aromatic rings. The van der Waals surface area contributed by atoms with Crippen LogP contribution in [0.25, 0.3) is 0 Å². The van der Waals surface area contributed by atoms with Crippen LogP contribution in [0, 0.1) is 13.8 Å². The number of rotatable bonds is 4. The van der Waals surface area contributed by atoms with E-state index in [2.05, 4.69) is 16.0 Å². The van der Waals surface area contributed by atoms with Gasteiger partial charge < -0.3 is 10.6 Å². The summed E-state index contributed by atoms with van der Waals surface area (Å²) in [6, 6.07) is 16.3. The van der Waals surface area contributed by atoms with Crippen LogP contribution in [0.2, 0.25) is 0 Å². The van der Waals surface area contributed by atoms with Gasteiger partial charge in [0.1, 0.15) is 0 Å². The Balaban J connectivity index is 1.57. The van der Waals surface area contributed by atoms with Gasteiger partial charge in [0.2, 0.25) is 0 Å². The van der Waals surface area contributed by atoms with Crippen LogP contribution in [0.4, 0.5) is 11.4 Å². The number of thiophene rings is 1. The Labute approximate surface area is 172 Å². The van der Waals surface area contributed by atoms with Crippen LogP contribution < -0.4 is 16.0 Å². The number of carbonyl (C=O) groups excluding carboxylic acids is 2. The van der Waals surface area contributed by atoms with Crippen LogP contribution in [0.15, 0.2) is 60.0 Å². The third-order valence-corrected chi connectivity index (χ3v) is 5.07. The zero-order valence-electron chi connectivity index (χ0n) is 15.4. The second-order valence-electron chi connectivity index (χ2n) is 6.24. The van der Waals surface area contributed by atoms with Gasteiger partial charge in [0, 0.05) is 16.9 Å². The molecule has 0 atom stereocenters. The largest absolute Gasteiger partial charge is 0.332 e. The lowest BCUT2D eigenvalue weighted by atomic mass is 10.1. The van der Waals surface area contributed by atoms with Crippen molar-refractivity contribution < 1.29 is 9.59 Å². The first-order chi connectivity index (χ1) is 13.4. The molecule has 0 fully saturated rings. The first kappa shape index (κ1) is 19.7. The van der Waals surface area contributed by atoms with Gasteiger partial charge >= 0.3 is 0 Å². The molecule has 3 N–H and O–H groups in total. The highest BCUT2D eigenvalue weighted by molar-refractivity contribution is 7.80. The van der Waals surface area contributed by atoms with Gasteiger partial charge in [-0.05, 0) is 73.4 Å². The summed E-state index contributed by atoms with van der Waals surface area (Å²) in [5.41, 5.74) is 3.96.